The highest BCUT2D eigenvalue weighted by atomic mass is 16.5. The van der Waals surface area contributed by atoms with Crippen LogP contribution in [-0.4, -0.2) is 46.9 Å². The van der Waals surface area contributed by atoms with Crippen LogP contribution in [0.4, 0.5) is 4.79 Å². The average molecular weight is 163 g/mol. The van der Waals surface area contributed by atoms with Crippen LogP contribution < -0.4 is 10.5 Å². The van der Waals surface area contributed by atoms with Crippen molar-refractivity contribution in [3.63, 3.8) is 0 Å². The van der Waals surface area contributed by atoms with Crippen molar-refractivity contribution in [3.8, 4) is 0 Å². The average Bonchev–Trinajstić information content (AvgIpc) is 2.06. The molecule has 0 aromatic heterocycles. The van der Waals surface area contributed by atoms with Crippen molar-refractivity contribution in [2.24, 2.45) is 0 Å². The number of rotatable bonds is 6. The van der Waals surface area contributed by atoms with E-state index < -0.39 is 6.09 Å². The molecule has 12 heavy (non-hydrogen) atoms. The van der Waals surface area contributed by atoms with Gasteiger partial charge in [0, 0.05) is 0 Å². The summed E-state index contributed by atoms with van der Waals surface area (Å²) in [5, 5.41) is 12.2. The molecule has 0 saturated heterocycles. The molecule has 0 atom stereocenters. The van der Waals surface area contributed by atoms with E-state index in [0.29, 0.717) is 13.8 Å². The summed E-state index contributed by atoms with van der Waals surface area (Å²) in [6.07, 6.45) is -0.389. The van der Waals surface area contributed by atoms with Crippen molar-refractivity contribution in [1.82, 2.24) is 10.5 Å². The van der Waals surface area contributed by atoms with Gasteiger partial charge in [0.15, 0.2) is 6.41 Å². The summed E-state index contributed by atoms with van der Waals surface area (Å²) in [4.78, 5) is 20.2. The van der Waals surface area contributed by atoms with E-state index in [4.69, 9.17) is 5.02 Å². The number of carbonyl (C=O) groups is 2. The second kappa shape index (κ2) is 8.06. The van der Waals surface area contributed by atoms with Crippen LogP contribution in [0.1, 0.15) is 0 Å². The van der Waals surface area contributed by atoms with Gasteiger partial charge in [0.25, 0.3) is 0 Å². The number of carbonyl (C=O) groups excluding carboxylic acids is 2. The second-order valence-corrected chi connectivity index (χ2v) is 1.46. The van der Waals surface area contributed by atoms with Gasteiger partial charge in [0.2, 0.25) is 7.37 Å². The van der Waals surface area contributed by atoms with Gasteiger partial charge in [-0.3, -0.25) is 4.79 Å². The van der Waals surface area contributed by atoms with E-state index in [2.05, 4.69) is 15.1 Å². The van der Waals surface area contributed by atoms with Gasteiger partial charge in [-0.15, -0.1) is 0 Å². The zero-order chi connectivity index (χ0) is 9.23. The Hall–Kier alpha value is -1.04. The van der Waals surface area contributed by atoms with Crippen molar-refractivity contribution < 1.29 is 19.3 Å². The molecule has 0 heterocycles. The van der Waals surface area contributed by atoms with E-state index in [1.807, 2.05) is 0 Å². The highest BCUT2D eigenvalue weighted by molar-refractivity contribution is 7.26. The number of hydrogen-bond acceptors (Lipinski definition) is 4. The minimum atomic E-state index is -0.776. The Morgan fingerprint density at radius 1 is 1.58 bits per heavy atom. The van der Waals surface area contributed by atoms with Crippen LogP contribution >= 0.6 is 0 Å². The fourth-order valence-corrected chi connectivity index (χ4v) is 0.305. The fraction of sp³-hybridized carbons (Fsp3) is 0. The molecule has 0 aromatic rings. The van der Waals surface area contributed by atoms with Gasteiger partial charge in [0.1, 0.15) is 7.06 Å². The lowest BCUT2D eigenvalue weighted by atomic mass is 9.32. The Balaban J connectivity index is 3.15. The standard InChI is InChI=1S/C2H4B4N2O4/c9-1-7-6-8-2(10)12-5-3-4-11/h1,11H,(H,7,9)(H,8,10). The van der Waals surface area contributed by atoms with Crippen LogP contribution in [0, 0.1) is 0 Å². The maximum absolute atomic E-state index is 10.5. The molecule has 0 spiro atoms. The third kappa shape index (κ3) is 7.07. The summed E-state index contributed by atoms with van der Waals surface area (Å²) in [5.74, 6) is 0. The molecule has 0 unspecified atom stereocenters. The molecule has 58 valence electrons. The first-order valence-electron chi connectivity index (χ1n) is 2.92. The molecule has 4 radical (unpaired) electrons. The van der Waals surface area contributed by atoms with E-state index in [1.54, 1.807) is 0 Å². The predicted molar refractivity (Wildman–Crippen MR) is 44.1 cm³/mol. The SMILES string of the molecule is O=CN[B]NC(=O)O[B][B][B]O. The van der Waals surface area contributed by atoms with Crippen molar-refractivity contribution in [1.29, 1.82) is 0 Å². The molecule has 0 saturated carbocycles. The molecule has 2 amide bonds. The first kappa shape index (κ1) is 11.0. The summed E-state index contributed by atoms with van der Waals surface area (Å²) in [7, 11) is 3.81. The van der Waals surface area contributed by atoms with Gasteiger partial charge in [-0.2, -0.15) is 0 Å². The van der Waals surface area contributed by atoms with E-state index >= 15 is 0 Å². The van der Waals surface area contributed by atoms with Crippen molar-refractivity contribution in [2.75, 3.05) is 0 Å². The molecule has 0 aromatic carbocycles. The van der Waals surface area contributed by atoms with E-state index in [9.17, 15) is 9.59 Å². The van der Waals surface area contributed by atoms with Gasteiger partial charge >= 0.3 is 21.0 Å². The molecular formula is C2H4B4N2O4. The van der Waals surface area contributed by atoms with Gasteiger partial charge in [0.05, 0.1) is 0 Å². The monoisotopic (exact) mass is 164 g/mol. The topological polar surface area (TPSA) is 87.7 Å². The third-order valence-electron chi connectivity index (χ3n) is 0.681. The Morgan fingerprint density at radius 3 is 2.92 bits per heavy atom. The normalized spacial score (nSPS) is 7.42. The van der Waals surface area contributed by atoms with Crippen LogP contribution in [0.15, 0.2) is 0 Å². The van der Waals surface area contributed by atoms with Crippen LogP contribution in [-0.2, 0) is 9.45 Å². The number of amides is 2. The lowest BCUT2D eigenvalue weighted by Crippen LogP contribution is -2.38. The van der Waals surface area contributed by atoms with Crippen LogP contribution in [0.3, 0.4) is 0 Å². The largest absolute Gasteiger partial charge is 0.535 e. The summed E-state index contributed by atoms with van der Waals surface area (Å²) in [5.41, 5.74) is 0. The van der Waals surface area contributed by atoms with Gasteiger partial charge in [-0.25, -0.2) is 4.79 Å². The van der Waals surface area contributed by atoms with Gasteiger partial charge < -0.3 is 20.1 Å². The first-order valence-corrected chi connectivity index (χ1v) is 2.92. The Morgan fingerprint density at radius 2 is 2.33 bits per heavy atom. The van der Waals surface area contributed by atoms with Gasteiger partial charge in [-0.1, -0.05) is 0 Å². The number of hydrogen-bond donors (Lipinski definition) is 3. The Labute approximate surface area is 72.5 Å². The predicted octanol–water partition coefficient (Wildman–Crippen LogP) is -3.24. The Bertz CT molecular complexity index is 145. The molecular weight excluding hydrogens is 159 g/mol. The summed E-state index contributed by atoms with van der Waals surface area (Å²) in [6, 6.07) is 0. The molecule has 10 heteroatoms. The minimum Gasteiger partial charge on any atom is -0.535 e. The van der Waals surface area contributed by atoms with Crippen LogP contribution in [0.5, 0.6) is 0 Å². The molecule has 0 bridgehead atoms. The zero-order valence-corrected chi connectivity index (χ0v) is 6.06. The number of nitrogens with one attached hydrogen (secondary N) is 2. The fourth-order valence-electron chi connectivity index (χ4n) is 0.305. The molecule has 6 nitrogen and oxygen atoms in total. The maximum Gasteiger partial charge on any atom is 0.392 e. The van der Waals surface area contributed by atoms with E-state index in [-0.39, 0.29) is 0 Å². The lowest BCUT2D eigenvalue weighted by molar-refractivity contribution is -0.108. The second-order valence-electron chi connectivity index (χ2n) is 1.46. The van der Waals surface area contributed by atoms with Crippen LogP contribution in [0.25, 0.3) is 0 Å². The molecule has 0 rings (SSSR count). The minimum absolute atomic E-state index is 0.387. The quantitative estimate of drug-likeness (QED) is 0.218. The van der Waals surface area contributed by atoms with Crippen molar-refractivity contribution >= 4 is 41.9 Å². The highest BCUT2D eigenvalue weighted by Crippen LogP contribution is 1.69. The van der Waals surface area contributed by atoms with Gasteiger partial charge in [-0.05, 0) is 0 Å². The third-order valence-corrected chi connectivity index (χ3v) is 0.681. The first-order chi connectivity index (χ1) is 5.81. The van der Waals surface area contributed by atoms with Crippen molar-refractivity contribution in [3.05, 3.63) is 0 Å². The summed E-state index contributed by atoms with van der Waals surface area (Å²) >= 11 is 0. The maximum atomic E-state index is 10.5. The zero-order valence-electron chi connectivity index (χ0n) is 6.06. The highest BCUT2D eigenvalue weighted by Gasteiger charge is 2.03. The van der Waals surface area contributed by atoms with Crippen LogP contribution in [0.2, 0.25) is 0 Å². The van der Waals surface area contributed by atoms with Crippen molar-refractivity contribution in [2.45, 2.75) is 0 Å². The molecule has 0 aliphatic carbocycles. The molecule has 0 fully saturated rings. The molecule has 0 aliphatic rings. The van der Waals surface area contributed by atoms with E-state index in [1.165, 1.54) is 0 Å². The summed E-state index contributed by atoms with van der Waals surface area (Å²) < 4.78 is 4.32. The molecule has 3 N–H and O–H groups in total. The molecule has 0 aliphatic heterocycles. The van der Waals surface area contributed by atoms with E-state index in [0.717, 1.165) is 22.0 Å². The Kier molecular flexibility index (Phi) is 7.36. The smallest absolute Gasteiger partial charge is 0.392 e. The lowest BCUT2D eigenvalue weighted by Gasteiger charge is -2.02. The summed E-state index contributed by atoms with van der Waals surface area (Å²) in [6.45, 7) is 0.